The number of hydrogen-bond acceptors (Lipinski definition) is 11. The number of allylic oxidation sites excluding steroid dienone is 1. The van der Waals surface area contributed by atoms with Gasteiger partial charge in [-0.15, -0.1) is 0 Å². The van der Waals surface area contributed by atoms with Crippen molar-refractivity contribution >= 4 is 18.2 Å². The van der Waals surface area contributed by atoms with E-state index in [4.69, 9.17) is 23.7 Å². The number of aliphatic hydroxyl groups excluding tert-OH is 1. The van der Waals surface area contributed by atoms with E-state index in [1.54, 1.807) is 44.2 Å². The van der Waals surface area contributed by atoms with Crippen LogP contribution in [0.3, 0.4) is 0 Å². The van der Waals surface area contributed by atoms with Crippen molar-refractivity contribution in [3.05, 3.63) is 52.7 Å². The van der Waals surface area contributed by atoms with E-state index >= 15 is 0 Å². The summed E-state index contributed by atoms with van der Waals surface area (Å²) in [5.74, 6) is 0.384. The Hall–Kier alpha value is -4.65. The van der Waals surface area contributed by atoms with Gasteiger partial charge in [-0.05, 0) is 43.7 Å². The van der Waals surface area contributed by atoms with Gasteiger partial charge in [0, 0.05) is 11.3 Å². The van der Waals surface area contributed by atoms with Gasteiger partial charge in [0.05, 0.1) is 45.8 Å². The molecular weight excluding hydrogens is 512 g/mol. The number of phenolic OH excluding ortho intramolecular Hbond substituents is 1. The molecule has 5 N–H and O–H groups in total. The molecule has 0 spiro atoms. The van der Waals surface area contributed by atoms with Gasteiger partial charge < -0.3 is 44.5 Å². The minimum absolute atomic E-state index is 0.134. The van der Waals surface area contributed by atoms with Crippen molar-refractivity contribution in [1.29, 1.82) is 0 Å². The van der Waals surface area contributed by atoms with Crippen molar-refractivity contribution < 1.29 is 43.5 Å². The summed E-state index contributed by atoms with van der Waals surface area (Å²) in [6.45, 7) is 3.55. The lowest BCUT2D eigenvalue weighted by Crippen LogP contribution is -2.45. The van der Waals surface area contributed by atoms with Crippen molar-refractivity contribution in [3.8, 4) is 28.7 Å². The molecule has 0 aromatic heterocycles. The molecule has 1 aliphatic rings. The summed E-state index contributed by atoms with van der Waals surface area (Å²) in [6.07, 6.45) is 0.229. The second-order valence-electron chi connectivity index (χ2n) is 8.19. The molecule has 1 heterocycles. The first-order chi connectivity index (χ1) is 18.7. The molecule has 2 aromatic carbocycles. The van der Waals surface area contributed by atoms with Crippen molar-refractivity contribution in [1.82, 2.24) is 16.1 Å². The number of aromatic hydroxyl groups is 1. The van der Waals surface area contributed by atoms with Gasteiger partial charge in [-0.2, -0.15) is 5.10 Å². The number of esters is 1. The van der Waals surface area contributed by atoms with Crippen LogP contribution in [0, 0.1) is 0 Å². The normalized spacial score (nSPS) is 15.7. The molecule has 2 aromatic rings. The maximum absolute atomic E-state index is 12.4. The Morgan fingerprint density at radius 2 is 1.79 bits per heavy atom. The molecule has 2 atom stereocenters. The number of hydrazone groups is 1. The fraction of sp³-hybridized carbons (Fsp3) is 0.346. The van der Waals surface area contributed by atoms with Crippen LogP contribution >= 0.6 is 0 Å². The summed E-state index contributed by atoms with van der Waals surface area (Å²) in [5.41, 5.74) is 4.31. The van der Waals surface area contributed by atoms with Gasteiger partial charge in [-0.1, -0.05) is 6.07 Å². The fourth-order valence-corrected chi connectivity index (χ4v) is 3.81. The monoisotopic (exact) mass is 544 g/mol. The molecule has 0 unspecified atom stereocenters. The molecule has 0 fully saturated rings. The van der Waals surface area contributed by atoms with Crippen molar-refractivity contribution in [2.75, 3.05) is 34.5 Å². The Labute approximate surface area is 225 Å². The average molecular weight is 545 g/mol. The molecule has 210 valence electrons. The smallest absolute Gasteiger partial charge is 0.337 e. The second-order valence-corrected chi connectivity index (χ2v) is 8.19. The molecule has 2 amide bonds. The number of carbonyl (C=O) groups is 2. The number of rotatable bonds is 12. The topological polar surface area (TPSA) is 169 Å². The third-order valence-electron chi connectivity index (χ3n) is 5.61. The number of ether oxygens (including phenoxy) is 5. The molecular formula is C26H32N4O9. The van der Waals surface area contributed by atoms with Crippen molar-refractivity contribution in [2.45, 2.75) is 26.1 Å². The average Bonchev–Trinajstić information content (AvgIpc) is 2.92. The Balaban J connectivity index is 1.71. The molecule has 39 heavy (non-hydrogen) atoms. The summed E-state index contributed by atoms with van der Waals surface area (Å²) in [7, 11) is 4.09. The Bertz CT molecular complexity index is 1240. The van der Waals surface area contributed by atoms with Gasteiger partial charge in [0.25, 0.3) is 0 Å². The van der Waals surface area contributed by atoms with E-state index in [2.05, 4.69) is 21.2 Å². The Morgan fingerprint density at radius 1 is 1.10 bits per heavy atom. The summed E-state index contributed by atoms with van der Waals surface area (Å²) in [6, 6.07) is 6.82. The first kappa shape index (κ1) is 28.9. The van der Waals surface area contributed by atoms with Crippen LogP contribution in [0.4, 0.5) is 4.79 Å². The molecule has 0 bridgehead atoms. The van der Waals surface area contributed by atoms with Crippen LogP contribution in [0.15, 0.2) is 46.7 Å². The molecule has 3 rings (SSSR count). The molecule has 1 aliphatic heterocycles. The molecule has 0 saturated heterocycles. The largest absolute Gasteiger partial charge is 0.502 e. The summed E-state index contributed by atoms with van der Waals surface area (Å²) in [5, 5.41) is 29.6. The van der Waals surface area contributed by atoms with Crippen LogP contribution in [0.1, 0.15) is 31.0 Å². The fourth-order valence-electron chi connectivity index (χ4n) is 3.81. The number of nitrogens with zero attached hydrogens (tertiary/aromatic N) is 1. The highest BCUT2D eigenvalue weighted by Crippen LogP contribution is 2.37. The van der Waals surface area contributed by atoms with E-state index in [0.717, 1.165) is 0 Å². The number of hydrogen-bond donors (Lipinski definition) is 5. The third kappa shape index (κ3) is 7.02. The van der Waals surface area contributed by atoms with Crippen molar-refractivity contribution in [3.63, 3.8) is 0 Å². The number of phenols is 1. The summed E-state index contributed by atoms with van der Waals surface area (Å²) < 4.78 is 26.6. The van der Waals surface area contributed by atoms with E-state index < -0.39 is 24.3 Å². The van der Waals surface area contributed by atoms with Crippen LogP contribution in [0.2, 0.25) is 0 Å². The Kier molecular flexibility index (Phi) is 9.81. The van der Waals surface area contributed by atoms with Gasteiger partial charge in [0.1, 0.15) is 6.61 Å². The van der Waals surface area contributed by atoms with Crippen LogP contribution in [0.25, 0.3) is 0 Å². The number of carbonyl (C=O) groups excluding carboxylic acids is 2. The zero-order valence-electron chi connectivity index (χ0n) is 22.2. The van der Waals surface area contributed by atoms with Gasteiger partial charge >= 0.3 is 12.0 Å². The first-order valence-electron chi connectivity index (χ1n) is 11.9. The van der Waals surface area contributed by atoms with E-state index in [0.29, 0.717) is 34.9 Å². The summed E-state index contributed by atoms with van der Waals surface area (Å²) >= 11 is 0. The lowest BCUT2D eigenvalue weighted by atomic mass is 9.95. The number of urea groups is 1. The molecule has 0 aliphatic carbocycles. The SMILES string of the molecule is CCOc1cc([C@@H]2NC(=O)NC(C)=C2C(=O)OC)ccc1OC[C@H](O)N/N=C\c1cc(OC)c(O)c(OC)c1. The number of aliphatic hydroxyl groups is 1. The number of benzene rings is 2. The van der Waals surface area contributed by atoms with E-state index in [1.807, 2.05) is 0 Å². The zero-order valence-corrected chi connectivity index (χ0v) is 22.2. The minimum atomic E-state index is -1.18. The first-order valence-corrected chi connectivity index (χ1v) is 11.9. The highest BCUT2D eigenvalue weighted by atomic mass is 16.5. The minimum Gasteiger partial charge on any atom is -0.502 e. The maximum Gasteiger partial charge on any atom is 0.337 e. The third-order valence-corrected chi connectivity index (χ3v) is 5.61. The molecule has 0 radical (unpaired) electrons. The maximum atomic E-state index is 12.4. The van der Waals surface area contributed by atoms with Crippen LogP contribution in [-0.2, 0) is 9.53 Å². The summed E-state index contributed by atoms with van der Waals surface area (Å²) in [4.78, 5) is 24.5. The van der Waals surface area contributed by atoms with Crippen LogP contribution in [0.5, 0.6) is 28.7 Å². The van der Waals surface area contributed by atoms with Crippen LogP contribution in [-0.4, -0.2) is 69.2 Å². The van der Waals surface area contributed by atoms with E-state index in [9.17, 15) is 19.8 Å². The predicted octanol–water partition coefficient (Wildman–Crippen LogP) is 1.93. The number of methoxy groups -OCH3 is 3. The molecule has 13 nitrogen and oxygen atoms in total. The van der Waals surface area contributed by atoms with Crippen LogP contribution < -0.4 is 35.0 Å². The van der Waals surface area contributed by atoms with Gasteiger partial charge in [-0.25, -0.2) is 9.59 Å². The van der Waals surface area contributed by atoms with Gasteiger partial charge in [0.15, 0.2) is 29.2 Å². The van der Waals surface area contributed by atoms with E-state index in [-0.39, 0.29) is 29.4 Å². The second kappa shape index (κ2) is 13.2. The zero-order chi connectivity index (χ0) is 28.5. The highest BCUT2D eigenvalue weighted by molar-refractivity contribution is 5.95. The number of nitrogens with one attached hydrogen (secondary N) is 3. The van der Waals surface area contributed by atoms with Gasteiger partial charge in [-0.3, -0.25) is 5.43 Å². The molecule has 0 saturated carbocycles. The highest BCUT2D eigenvalue weighted by Gasteiger charge is 2.32. The molecule has 13 heteroatoms. The lowest BCUT2D eigenvalue weighted by Gasteiger charge is -2.28. The Morgan fingerprint density at radius 3 is 2.41 bits per heavy atom. The predicted molar refractivity (Wildman–Crippen MR) is 140 cm³/mol. The van der Waals surface area contributed by atoms with E-state index in [1.165, 1.54) is 27.5 Å². The lowest BCUT2D eigenvalue weighted by molar-refractivity contribution is -0.136. The quantitative estimate of drug-likeness (QED) is 0.115. The van der Waals surface area contributed by atoms with Gasteiger partial charge in [0.2, 0.25) is 5.75 Å². The standard InChI is InChI=1S/C26H32N4O9/c1-6-38-18-11-16(23-22(25(33)37-5)14(2)28-26(34)29-23)7-8-17(18)39-13-21(31)30-27-12-15-9-19(35-3)24(32)20(10-15)36-4/h7-12,21,23,30-32H,6,13H2,1-5H3,(H2,28,29,34)/b27-12-/t21-,23-/m0/s1. The number of amides is 2. The van der Waals surface area contributed by atoms with Crippen molar-refractivity contribution in [2.24, 2.45) is 5.10 Å².